The maximum atomic E-state index is 13.4. The summed E-state index contributed by atoms with van der Waals surface area (Å²) in [4.78, 5) is 20.3. The third-order valence-electron chi connectivity index (χ3n) is 3.10. The first-order chi connectivity index (χ1) is 11.0. The van der Waals surface area contributed by atoms with Crippen molar-refractivity contribution in [2.75, 3.05) is 0 Å². The summed E-state index contributed by atoms with van der Waals surface area (Å²) >= 11 is 0. The molecule has 0 radical (unpaired) electrons. The van der Waals surface area contributed by atoms with Gasteiger partial charge in [0.1, 0.15) is 5.82 Å². The van der Waals surface area contributed by atoms with Crippen LogP contribution in [0.25, 0.3) is 5.78 Å². The number of hydrogen-bond acceptors (Lipinski definition) is 5. The number of hydrazone groups is 1. The molecular weight excluding hydrogens is 299 g/mol. The zero-order valence-corrected chi connectivity index (χ0v) is 12.5. The highest BCUT2D eigenvalue weighted by Crippen LogP contribution is 2.05. The Balaban J connectivity index is 1.79. The first-order valence-corrected chi connectivity index (χ1v) is 6.83. The van der Waals surface area contributed by atoms with Crippen LogP contribution in [0.2, 0.25) is 0 Å². The zero-order valence-electron chi connectivity index (χ0n) is 12.5. The third-order valence-corrected chi connectivity index (χ3v) is 3.10. The second kappa shape index (κ2) is 5.91. The summed E-state index contributed by atoms with van der Waals surface area (Å²) in [6.07, 6.45) is 1.22. The van der Waals surface area contributed by atoms with E-state index < -0.39 is 11.7 Å². The van der Waals surface area contributed by atoms with Gasteiger partial charge in [-0.2, -0.15) is 10.1 Å². The number of amides is 1. The maximum absolute atomic E-state index is 13.4. The number of aromatic nitrogens is 4. The number of carbonyl (C=O) groups excluding carboxylic acids is 1. The van der Waals surface area contributed by atoms with Crippen molar-refractivity contribution in [3.8, 4) is 0 Å². The number of rotatable bonds is 3. The van der Waals surface area contributed by atoms with Crippen molar-refractivity contribution in [2.24, 2.45) is 5.10 Å². The number of hydrogen-bond donors (Lipinski definition) is 1. The Morgan fingerprint density at radius 3 is 2.87 bits per heavy atom. The van der Waals surface area contributed by atoms with Crippen LogP contribution in [0.3, 0.4) is 0 Å². The van der Waals surface area contributed by atoms with Crippen LogP contribution >= 0.6 is 0 Å². The van der Waals surface area contributed by atoms with Gasteiger partial charge in [-0.3, -0.25) is 4.79 Å². The van der Waals surface area contributed by atoms with Gasteiger partial charge in [-0.05, 0) is 26.0 Å². The highest BCUT2D eigenvalue weighted by molar-refractivity contribution is 5.91. The molecule has 0 aliphatic carbocycles. The molecule has 0 saturated carbocycles. The molecular formula is C15H13FN6O. The molecule has 3 aromatic rings. The number of nitrogens with zero attached hydrogens (tertiary/aromatic N) is 5. The van der Waals surface area contributed by atoms with Gasteiger partial charge in [0.15, 0.2) is 0 Å². The minimum absolute atomic E-state index is 0.0584. The molecule has 1 aromatic carbocycles. The Hall–Kier alpha value is -3.16. The summed E-state index contributed by atoms with van der Waals surface area (Å²) in [6.45, 7) is 3.68. The largest absolute Gasteiger partial charge is 0.311 e. The van der Waals surface area contributed by atoms with Crippen molar-refractivity contribution in [3.05, 3.63) is 58.9 Å². The van der Waals surface area contributed by atoms with Gasteiger partial charge >= 0.3 is 5.91 Å². The molecule has 116 valence electrons. The monoisotopic (exact) mass is 312 g/mol. The van der Waals surface area contributed by atoms with Gasteiger partial charge in [-0.15, -0.1) is 5.10 Å². The lowest BCUT2D eigenvalue weighted by molar-refractivity contribution is 0.0945. The number of carbonyl (C=O) groups is 1. The Bertz CT molecular complexity index is 917. The van der Waals surface area contributed by atoms with E-state index >= 15 is 0 Å². The molecule has 2 aromatic heterocycles. The molecule has 0 spiro atoms. The van der Waals surface area contributed by atoms with Crippen LogP contribution in [-0.4, -0.2) is 31.7 Å². The van der Waals surface area contributed by atoms with Crippen molar-refractivity contribution >= 4 is 17.9 Å². The van der Waals surface area contributed by atoms with E-state index in [9.17, 15) is 9.18 Å². The average molecular weight is 312 g/mol. The van der Waals surface area contributed by atoms with Gasteiger partial charge in [-0.25, -0.2) is 19.3 Å². The van der Waals surface area contributed by atoms with Crippen molar-refractivity contribution in [2.45, 2.75) is 13.8 Å². The molecule has 0 aliphatic heterocycles. The number of benzene rings is 1. The predicted molar refractivity (Wildman–Crippen MR) is 81.7 cm³/mol. The molecule has 23 heavy (non-hydrogen) atoms. The number of nitrogens with one attached hydrogen (secondary N) is 1. The van der Waals surface area contributed by atoms with Crippen LogP contribution in [0, 0.1) is 19.7 Å². The second-order valence-corrected chi connectivity index (χ2v) is 4.91. The number of halogens is 1. The fraction of sp³-hybridized carbons (Fsp3) is 0.133. The Kier molecular flexibility index (Phi) is 3.80. The fourth-order valence-corrected chi connectivity index (χ4v) is 2.05. The van der Waals surface area contributed by atoms with Gasteiger partial charge in [0.25, 0.3) is 5.78 Å². The number of fused-ring (bicyclic) bond motifs is 1. The van der Waals surface area contributed by atoms with E-state index in [1.165, 1.54) is 16.8 Å². The molecule has 0 aliphatic rings. The Morgan fingerprint density at radius 1 is 1.30 bits per heavy atom. The Labute approximate surface area is 130 Å². The van der Waals surface area contributed by atoms with E-state index in [-0.39, 0.29) is 11.4 Å². The number of aryl methyl sites for hydroxylation is 2. The summed E-state index contributed by atoms with van der Waals surface area (Å²) < 4.78 is 14.9. The van der Waals surface area contributed by atoms with Crippen LogP contribution < -0.4 is 5.43 Å². The summed E-state index contributed by atoms with van der Waals surface area (Å²) in [5.74, 6) is -0.741. The molecule has 0 unspecified atom stereocenters. The molecule has 0 atom stereocenters. The highest BCUT2D eigenvalue weighted by atomic mass is 19.1. The summed E-state index contributed by atoms with van der Waals surface area (Å²) in [5.41, 5.74) is 4.13. The van der Waals surface area contributed by atoms with E-state index in [0.717, 1.165) is 11.4 Å². The van der Waals surface area contributed by atoms with E-state index in [1.54, 1.807) is 18.2 Å². The highest BCUT2D eigenvalue weighted by Gasteiger charge is 2.14. The summed E-state index contributed by atoms with van der Waals surface area (Å²) in [7, 11) is 0. The fourth-order valence-electron chi connectivity index (χ4n) is 2.05. The van der Waals surface area contributed by atoms with Crippen LogP contribution in [0.15, 0.2) is 35.4 Å². The molecule has 3 rings (SSSR count). The molecule has 1 N–H and O–H groups in total. The van der Waals surface area contributed by atoms with Gasteiger partial charge in [0.05, 0.1) is 6.21 Å². The summed E-state index contributed by atoms with van der Waals surface area (Å²) in [6, 6.07) is 7.93. The van der Waals surface area contributed by atoms with Crippen LogP contribution in [0.1, 0.15) is 27.6 Å². The molecule has 0 bridgehead atoms. The molecule has 8 heteroatoms. The van der Waals surface area contributed by atoms with Crippen molar-refractivity contribution in [1.29, 1.82) is 0 Å². The van der Waals surface area contributed by atoms with E-state index in [2.05, 4.69) is 25.6 Å². The lowest BCUT2D eigenvalue weighted by Crippen LogP contribution is -2.19. The first-order valence-electron chi connectivity index (χ1n) is 6.83. The minimum Gasteiger partial charge on any atom is -0.264 e. The zero-order chi connectivity index (χ0) is 16.4. The van der Waals surface area contributed by atoms with E-state index in [0.29, 0.717) is 5.78 Å². The van der Waals surface area contributed by atoms with Crippen LogP contribution in [0.5, 0.6) is 0 Å². The van der Waals surface area contributed by atoms with Gasteiger partial charge in [-0.1, -0.05) is 18.2 Å². The van der Waals surface area contributed by atoms with Crippen LogP contribution in [-0.2, 0) is 0 Å². The van der Waals surface area contributed by atoms with Crippen molar-refractivity contribution < 1.29 is 9.18 Å². The molecule has 2 heterocycles. The maximum Gasteiger partial charge on any atom is 0.311 e. The summed E-state index contributed by atoms with van der Waals surface area (Å²) in [5, 5.41) is 7.79. The van der Waals surface area contributed by atoms with Gasteiger partial charge in [0, 0.05) is 17.0 Å². The van der Waals surface area contributed by atoms with Crippen molar-refractivity contribution in [1.82, 2.24) is 25.0 Å². The van der Waals surface area contributed by atoms with E-state index in [4.69, 9.17) is 0 Å². The minimum atomic E-state index is -0.597. The quantitative estimate of drug-likeness (QED) is 0.588. The standard InChI is InChI=1S/C15H13FN6O/c1-9-7-10(2)22-15(18-9)19-13(21-22)14(23)20-17-8-11-5-3-4-6-12(11)16/h3-8H,1-2H3,(H,20,23)/b17-8-. The molecule has 0 fully saturated rings. The second-order valence-electron chi connectivity index (χ2n) is 4.91. The van der Waals surface area contributed by atoms with Gasteiger partial charge < -0.3 is 0 Å². The topological polar surface area (TPSA) is 84.5 Å². The van der Waals surface area contributed by atoms with Gasteiger partial charge in [0.2, 0.25) is 5.82 Å². The lowest BCUT2D eigenvalue weighted by Gasteiger charge is -1.97. The normalized spacial score (nSPS) is 11.3. The molecule has 7 nitrogen and oxygen atoms in total. The molecule has 0 saturated heterocycles. The lowest BCUT2D eigenvalue weighted by atomic mass is 10.2. The average Bonchev–Trinajstić information content (AvgIpc) is 2.93. The Morgan fingerprint density at radius 2 is 2.09 bits per heavy atom. The van der Waals surface area contributed by atoms with Crippen LogP contribution in [0.4, 0.5) is 4.39 Å². The van der Waals surface area contributed by atoms with E-state index in [1.807, 2.05) is 19.9 Å². The molecule has 1 amide bonds. The third kappa shape index (κ3) is 3.05. The first kappa shape index (κ1) is 14.8. The predicted octanol–water partition coefficient (Wildman–Crippen LogP) is 1.64. The van der Waals surface area contributed by atoms with Crippen molar-refractivity contribution in [3.63, 3.8) is 0 Å². The smallest absolute Gasteiger partial charge is 0.264 e. The SMILES string of the molecule is Cc1cc(C)n2nc(C(=O)N/N=C\c3ccccc3F)nc2n1.